The molecule has 2 rings (SSSR count). The average Bonchev–Trinajstić information content (AvgIpc) is 2.33. The van der Waals surface area contributed by atoms with E-state index in [1.54, 1.807) is 6.07 Å². The maximum absolute atomic E-state index is 4.78. The van der Waals surface area contributed by atoms with Crippen molar-refractivity contribution in [3.8, 4) is 5.75 Å². The van der Waals surface area contributed by atoms with Gasteiger partial charge in [0.2, 0.25) is 0 Å². The number of rotatable bonds is 0. The van der Waals surface area contributed by atoms with Crippen LogP contribution >= 0.6 is 0 Å². The molecule has 0 aromatic heterocycles. The van der Waals surface area contributed by atoms with Crippen LogP contribution < -0.4 is 4.89 Å². The third kappa shape index (κ3) is 0.678. The minimum atomic E-state index is 0.548. The van der Waals surface area contributed by atoms with E-state index in [1.807, 2.05) is 12.1 Å². The van der Waals surface area contributed by atoms with Gasteiger partial charge in [-0.1, -0.05) is 6.07 Å². The van der Waals surface area contributed by atoms with Gasteiger partial charge in [-0.05, 0) is 18.2 Å². The summed E-state index contributed by atoms with van der Waals surface area (Å²) < 4.78 is 0. The fraction of sp³-hybridized carbons (Fsp3) is 0.143. The molecule has 0 amide bonds. The molecule has 0 aliphatic carbocycles. The second-order valence-electron chi connectivity index (χ2n) is 1.88. The summed E-state index contributed by atoms with van der Waals surface area (Å²) in [6, 6.07) is 8.43. The molecule has 0 saturated heterocycles. The van der Waals surface area contributed by atoms with Crippen LogP contribution in [0.2, 0.25) is 0 Å². The quantitative estimate of drug-likeness (QED) is 0.482. The number of hydrogen-bond donors (Lipinski definition) is 0. The summed E-state index contributed by atoms with van der Waals surface area (Å²) in [5, 5.41) is 0. The molecule has 0 saturated carbocycles. The highest BCUT2D eigenvalue weighted by Gasteiger charge is 2.10. The van der Waals surface area contributed by atoms with Crippen molar-refractivity contribution < 1.29 is 9.78 Å². The molecule has 1 aliphatic heterocycles. The third-order valence-corrected chi connectivity index (χ3v) is 1.27. The molecular formula is C7H5O2. The molecule has 2 heteroatoms. The van der Waals surface area contributed by atoms with Crippen molar-refractivity contribution >= 4 is 0 Å². The minimum Gasteiger partial charge on any atom is -0.337 e. The fourth-order valence-electron chi connectivity index (χ4n) is 0.801. The lowest BCUT2D eigenvalue weighted by molar-refractivity contribution is -0.194. The molecular weight excluding hydrogens is 116 g/mol. The molecule has 1 aromatic rings. The molecule has 0 bridgehead atoms. The van der Waals surface area contributed by atoms with Crippen LogP contribution in [0.1, 0.15) is 5.56 Å². The molecule has 0 fully saturated rings. The maximum atomic E-state index is 4.78. The van der Waals surface area contributed by atoms with Gasteiger partial charge in [0.25, 0.3) is 0 Å². The highest BCUT2D eigenvalue weighted by atomic mass is 17.2. The van der Waals surface area contributed by atoms with E-state index in [9.17, 15) is 0 Å². The normalized spacial score (nSPS) is 14.7. The van der Waals surface area contributed by atoms with Crippen molar-refractivity contribution in [2.24, 2.45) is 0 Å². The van der Waals surface area contributed by atoms with Crippen LogP contribution in [0.25, 0.3) is 0 Å². The van der Waals surface area contributed by atoms with Crippen molar-refractivity contribution in [1.29, 1.82) is 0 Å². The van der Waals surface area contributed by atoms with E-state index in [-0.39, 0.29) is 0 Å². The number of fused-ring (bicyclic) bond motifs is 1. The summed E-state index contributed by atoms with van der Waals surface area (Å²) in [5.74, 6) is 0.814. The van der Waals surface area contributed by atoms with E-state index >= 15 is 0 Å². The summed E-state index contributed by atoms with van der Waals surface area (Å²) >= 11 is 0. The summed E-state index contributed by atoms with van der Waals surface area (Å²) in [5.41, 5.74) is 1.07. The van der Waals surface area contributed by atoms with Crippen molar-refractivity contribution in [3.63, 3.8) is 0 Å². The van der Waals surface area contributed by atoms with Gasteiger partial charge >= 0.3 is 0 Å². The Morgan fingerprint density at radius 3 is 3.44 bits per heavy atom. The van der Waals surface area contributed by atoms with Crippen molar-refractivity contribution in [2.75, 3.05) is 0 Å². The van der Waals surface area contributed by atoms with Gasteiger partial charge in [-0.25, -0.2) is 0 Å². The van der Waals surface area contributed by atoms with E-state index in [0.29, 0.717) is 6.61 Å². The zero-order valence-corrected chi connectivity index (χ0v) is 4.76. The Bertz CT molecular complexity index is 197. The smallest absolute Gasteiger partial charge is 0.171 e. The third-order valence-electron chi connectivity index (χ3n) is 1.27. The summed E-state index contributed by atoms with van der Waals surface area (Å²) in [6.45, 7) is 0.548. The first-order valence-electron chi connectivity index (χ1n) is 2.75. The molecule has 1 aromatic carbocycles. The van der Waals surface area contributed by atoms with Crippen LogP contribution in [-0.4, -0.2) is 0 Å². The predicted octanol–water partition coefficient (Wildman–Crippen LogP) is 1.31. The highest BCUT2D eigenvalue weighted by molar-refractivity contribution is 5.32. The number of benzene rings is 1. The van der Waals surface area contributed by atoms with Gasteiger partial charge in [-0.15, -0.1) is 0 Å². The summed E-state index contributed by atoms with van der Waals surface area (Å²) in [7, 11) is 0. The monoisotopic (exact) mass is 121 g/mol. The van der Waals surface area contributed by atoms with E-state index in [4.69, 9.17) is 9.78 Å². The molecule has 0 spiro atoms. The molecule has 1 aliphatic rings. The van der Waals surface area contributed by atoms with Gasteiger partial charge in [0.1, 0.15) is 6.61 Å². The first kappa shape index (κ1) is 4.82. The fourth-order valence-corrected chi connectivity index (χ4v) is 0.801. The molecule has 0 N–H and O–H groups in total. The molecule has 9 heavy (non-hydrogen) atoms. The first-order chi connectivity index (χ1) is 4.47. The van der Waals surface area contributed by atoms with Crippen LogP contribution in [0.3, 0.4) is 0 Å². The predicted molar refractivity (Wildman–Crippen MR) is 30.7 cm³/mol. The standard InChI is InChI=1S/C7H5O2/c1-2-4-7-6(3-1)5-8-9-7/h2-4H,5H2. The Hall–Kier alpha value is -1.02. The van der Waals surface area contributed by atoms with Gasteiger partial charge in [0, 0.05) is 5.56 Å². The molecule has 1 radical (unpaired) electrons. The second-order valence-corrected chi connectivity index (χ2v) is 1.88. The summed E-state index contributed by atoms with van der Waals surface area (Å²) in [4.78, 5) is 9.47. The van der Waals surface area contributed by atoms with Crippen LogP contribution in [0.4, 0.5) is 0 Å². The Balaban J connectivity index is 2.54. The molecule has 1 heterocycles. The van der Waals surface area contributed by atoms with E-state index in [0.717, 1.165) is 11.3 Å². The van der Waals surface area contributed by atoms with E-state index < -0.39 is 0 Å². The largest absolute Gasteiger partial charge is 0.337 e. The summed E-state index contributed by atoms with van der Waals surface area (Å²) in [6.07, 6.45) is 0. The van der Waals surface area contributed by atoms with E-state index in [2.05, 4.69) is 6.07 Å². The van der Waals surface area contributed by atoms with Gasteiger partial charge in [0.15, 0.2) is 5.75 Å². The lowest BCUT2D eigenvalue weighted by atomic mass is 10.2. The lowest BCUT2D eigenvalue weighted by Gasteiger charge is -1.89. The maximum Gasteiger partial charge on any atom is 0.171 e. The Labute approximate surface area is 52.9 Å². The Morgan fingerprint density at radius 2 is 2.56 bits per heavy atom. The zero-order valence-electron chi connectivity index (χ0n) is 4.76. The Kier molecular flexibility index (Phi) is 0.932. The molecule has 45 valence electrons. The van der Waals surface area contributed by atoms with Crippen LogP contribution in [0, 0.1) is 6.07 Å². The topological polar surface area (TPSA) is 18.5 Å². The van der Waals surface area contributed by atoms with Gasteiger partial charge in [0.05, 0.1) is 0 Å². The SMILES string of the molecule is [c]1ccc2c(c1)COO2. The van der Waals surface area contributed by atoms with Gasteiger partial charge in [-0.3, -0.25) is 0 Å². The van der Waals surface area contributed by atoms with Crippen molar-refractivity contribution in [3.05, 3.63) is 29.8 Å². The molecule has 0 unspecified atom stereocenters. The highest BCUT2D eigenvalue weighted by Crippen LogP contribution is 2.23. The van der Waals surface area contributed by atoms with Crippen LogP contribution in [-0.2, 0) is 11.5 Å². The van der Waals surface area contributed by atoms with Crippen LogP contribution in [0.5, 0.6) is 5.75 Å². The lowest BCUT2D eigenvalue weighted by Crippen LogP contribution is -1.80. The van der Waals surface area contributed by atoms with Gasteiger partial charge < -0.3 is 4.89 Å². The van der Waals surface area contributed by atoms with E-state index in [1.165, 1.54) is 0 Å². The molecule has 0 atom stereocenters. The van der Waals surface area contributed by atoms with Gasteiger partial charge in [-0.2, -0.15) is 4.89 Å². The zero-order chi connectivity index (χ0) is 6.10. The first-order valence-corrected chi connectivity index (χ1v) is 2.75. The van der Waals surface area contributed by atoms with Crippen molar-refractivity contribution in [2.45, 2.75) is 6.61 Å². The average molecular weight is 121 g/mol. The second kappa shape index (κ2) is 1.74. The Morgan fingerprint density at radius 1 is 1.56 bits per heavy atom. The minimum absolute atomic E-state index is 0.548. The van der Waals surface area contributed by atoms with Crippen molar-refractivity contribution in [1.82, 2.24) is 0 Å². The van der Waals surface area contributed by atoms with Crippen LogP contribution in [0.15, 0.2) is 18.2 Å². The number of hydrogen-bond acceptors (Lipinski definition) is 2. The molecule has 2 nitrogen and oxygen atoms in total.